The lowest BCUT2D eigenvalue weighted by Gasteiger charge is -2.38. The molecule has 0 saturated carbocycles. The van der Waals surface area contributed by atoms with Gasteiger partial charge in [-0.05, 0) is 24.3 Å². The Labute approximate surface area is 214 Å². The fraction of sp³-hybridized carbons (Fsp3) is 0.143. The van der Waals surface area contributed by atoms with Gasteiger partial charge in [0.05, 0.1) is 28.2 Å². The first-order chi connectivity index (χ1) is 17.7. The maximum Gasteiger partial charge on any atom is 0.335 e. The second-order valence-electron chi connectivity index (χ2n) is 8.62. The summed E-state index contributed by atoms with van der Waals surface area (Å²) in [6.07, 6.45) is 0. The quantitative estimate of drug-likeness (QED) is 0.381. The average molecular weight is 499 g/mol. The molecule has 9 nitrogen and oxygen atoms in total. The molecule has 0 saturated heterocycles. The lowest BCUT2D eigenvalue weighted by atomic mass is 9.98. The van der Waals surface area contributed by atoms with Crippen molar-refractivity contribution in [2.24, 2.45) is 0 Å². The number of carboxylic acid groups (broad SMARTS) is 1. The van der Waals surface area contributed by atoms with Crippen molar-refractivity contribution < 1.29 is 24.3 Å². The number of hydrazine groups is 1. The number of benzene rings is 3. The van der Waals surface area contributed by atoms with Crippen LogP contribution in [0, 0.1) is 0 Å². The summed E-state index contributed by atoms with van der Waals surface area (Å²) in [5.74, 6) is -2.29. The lowest BCUT2D eigenvalue weighted by molar-refractivity contribution is -0.137. The molecule has 3 aromatic rings. The summed E-state index contributed by atoms with van der Waals surface area (Å²) in [6.45, 7) is 1.08. The molecule has 188 valence electrons. The SMILES string of the molecule is CC(=O)N(CC(=O)N(C)C)N(/C(=C1\C(=O)Nc2cc(C(=O)O)ccc21)c1ccccc1)c1ccccc1. The summed E-state index contributed by atoms with van der Waals surface area (Å²) < 4.78 is 0. The van der Waals surface area contributed by atoms with E-state index in [0.29, 0.717) is 28.2 Å². The molecular formula is C28H26N4O5. The van der Waals surface area contributed by atoms with Gasteiger partial charge in [0.1, 0.15) is 6.54 Å². The van der Waals surface area contributed by atoms with Gasteiger partial charge < -0.3 is 15.3 Å². The molecule has 0 fully saturated rings. The number of hydrogen-bond donors (Lipinski definition) is 2. The van der Waals surface area contributed by atoms with Crippen LogP contribution in [0.2, 0.25) is 0 Å². The molecule has 1 heterocycles. The third-order valence-electron chi connectivity index (χ3n) is 5.90. The Balaban J connectivity index is 2.05. The summed E-state index contributed by atoms with van der Waals surface area (Å²) in [6, 6.07) is 22.4. The van der Waals surface area contributed by atoms with Crippen molar-refractivity contribution in [2.75, 3.05) is 31.0 Å². The van der Waals surface area contributed by atoms with Gasteiger partial charge in [0.15, 0.2) is 0 Å². The maximum atomic E-state index is 13.5. The highest BCUT2D eigenvalue weighted by Crippen LogP contribution is 2.41. The molecule has 0 spiro atoms. The fourth-order valence-electron chi connectivity index (χ4n) is 4.06. The maximum absolute atomic E-state index is 13.5. The summed E-state index contributed by atoms with van der Waals surface area (Å²) in [5, 5.41) is 15.1. The number of nitrogens with zero attached hydrogens (tertiary/aromatic N) is 3. The molecule has 0 atom stereocenters. The predicted octanol–water partition coefficient (Wildman–Crippen LogP) is 3.56. The Morgan fingerprint density at radius 1 is 0.865 bits per heavy atom. The van der Waals surface area contributed by atoms with E-state index in [1.54, 1.807) is 61.6 Å². The second-order valence-corrected chi connectivity index (χ2v) is 8.62. The summed E-state index contributed by atoms with van der Waals surface area (Å²) >= 11 is 0. The minimum atomic E-state index is -1.12. The van der Waals surface area contributed by atoms with Crippen LogP contribution in [0.3, 0.4) is 0 Å². The number of amides is 3. The molecule has 9 heteroatoms. The number of hydrogen-bond acceptors (Lipinski definition) is 5. The first kappa shape index (κ1) is 25.2. The summed E-state index contributed by atoms with van der Waals surface area (Å²) in [4.78, 5) is 52.2. The average Bonchev–Trinajstić information content (AvgIpc) is 3.21. The predicted molar refractivity (Wildman–Crippen MR) is 140 cm³/mol. The smallest absolute Gasteiger partial charge is 0.335 e. The van der Waals surface area contributed by atoms with E-state index < -0.39 is 17.8 Å². The molecule has 2 N–H and O–H groups in total. The van der Waals surface area contributed by atoms with Crippen molar-refractivity contribution in [3.8, 4) is 0 Å². The summed E-state index contributed by atoms with van der Waals surface area (Å²) in [7, 11) is 3.20. The molecule has 37 heavy (non-hydrogen) atoms. The second kappa shape index (κ2) is 10.4. The van der Waals surface area contributed by atoms with Crippen LogP contribution in [0.15, 0.2) is 78.9 Å². The van der Waals surface area contributed by atoms with Gasteiger partial charge in [0, 0.05) is 32.1 Å². The minimum absolute atomic E-state index is 0.0309. The molecular weight excluding hydrogens is 472 g/mol. The Hall–Kier alpha value is -4.92. The topological polar surface area (TPSA) is 110 Å². The fourth-order valence-corrected chi connectivity index (χ4v) is 4.06. The van der Waals surface area contributed by atoms with Crippen molar-refractivity contribution in [3.63, 3.8) is 0 Å². The number of fused-ring (bicyclic) bond motifs is 1. The van der Waals surface area contributed by atoms with E-state index in [0.717, 1.165) is 0 Å². The van der Waals surface area contributed by atoms with Crippen LogP contribution in [0.25, 0.3) is 11.3 Å². The third kappa shape index (κ3) is 5.06. The van der Waals surface area contributed by atoms with Crippen molar-refractivity contribution >= 4 is 46.3 Å². The molecule has 0 unspecified atom stereocenters. The van der Waals surface area contributed by atoms with Gasteiger partial charge >= 0.3 is 5.97 Å². The number of likely N-dealkylation sites (N-methyl/N-ethyl adjacent to an activating group) is 1. The monoisotopic (exact) mass is 498 g/mol. The molecule has 0 bridgehead atoms. The first-order valence-corrected chi connectivity index (χ1v) is 11.5. The molecule has 0 radical (unpaired) electrons. The standard InChI is InChI=1S/C28H26N4O5/c1-18(33)31(17-24(34)30(2)3)32(21-12-8-5-9-13-21)26(19-10-6-4-7-11-19)25-22-15-14-20(28(36)37)16-23(22)29-27(25)35/h4-16H,17H2,1-3H3,(H,29,35)(H,36,37)/b26-25-. The van der Waals surface area contributed by atoms with Crippen LogP contribution >= 0.6 is 0 Å². The molecule has 3 aromatic carbocycles. The van der Waals surface area contributed by atoms with Crippen molar-refractivity contribution in [1.29, 1.82) is 0 Å². The van der Waals surface area contributed by atoms with Crippen LogP contribution in [0.5, 0.6) is 0 Å². The Bertz CT molecular complexity index is 1400. The van der Waals surface area contributed by atoms with Gasteiger partial charge in [-0.3, -0.25) is 14.4 Å². The molecule has 3 amide bonds. The number of carboxylic acids is 1. The van der Waals surface area contributed by atoms with Gasteiger partial charge in [0.25, 0.3) is 5.91 Å². The first-order valence-electron chi connectivity index (χ1n) is 11.5. The zero-order chi connectivity index (χ0) is 26.7. The Morgan fingerprint density at radius 2 is 1.49 bits per heavy atom. The van der Waals surface area contributed by atoms with Gasteiger partial charge in [-0.1, -0.05) is 54.6 Å². The highest BCUT2D eigenvalue weighted by molar-refractivity contribution is 6.37. The molecule has 1 aliphatic rings. The van der Waals surface area contributed by atoms with E-state index in [-0.39, 0.29) is 23.6 Å². The summed E-state index contributed by atoms with van der Waals surface area (Å²) in [5.41, 5.74) is 2.65. The van der Waals surface area contributed by atoms with Crippen LogP contribution in [0.1, 0.15) is 28.4 Å². The van der Waals surface area contributed by atoms with E-state index in [1.807, 2.05) is 24.3 Å². The van der Waals surface area contributed by atoms with Crippen LogP contribution in [-0.2, 0) is 14.4 Å². The number of nitrogens with one attached hydrogen (secondary N) is 1. The number of para-hydroxylation sites is 1. The van der Waals surface area contributed by atoms with E-state index in [1.165, 1.54) is 29.0 Å². The highest BCUT2D eigenvalue weighted by Gasteiger charge is 2.35. The van der Waals surface area contributed by atoms with Gasteiger partial charge in [-0.25, -0.2) is 14.8 Å². The van der Waals surface area contributed by atoms with Crippen molar-refractivity contribution in [3.05, 3.63) is 95.6 Å². The van der Waals surface area contributed by atoms with Crippen LogP contribution < -0.4 is 10.3 Å². The molecule has 0 aromatic heterocycles. The largest absolute Gasteiger partial charge is 0.478 e. The van der Waals surface area contributed by atoms with Crippen molar-refractivity contribution in [2.45, 2.75) is 6.92 Å². The Morgan fingerprint density at radius 3 is 2.05 bits per heavy atom. The zero-order valence-electron chi connectivity index (χ0n) is 20.6. The van der Waals surface area contributed by atoms with Crippen LogP contribution in [-0.4, -0.2) is 59.3 Å². The van der Waals surface area contributed by atoms with Gasteiger partial charge in [-0.2, -0.15) is 0 Å². The zero-order valence-corrected chi connectivity index (χ0v) is 20.6. The van der Waals surface area contributed by atoms with E-state index in [9.17, 15) is 24.3 Å². The number of anilines is 2. The lowest BCUT2D eigenvalue weighted by Crippen LogP contribution is -2.49. The van der Waals surface area contributed by atoms with E-state index in [2.05, 4.69) is 5.32 Å². The Kier molecular flexibility index (Phi) is 7.06. The number of carbonyl (C=O) groups excluding carboxylic acids is 3. The van der Waals surface area contributed by atoms with Gasteiger partial charge in [-0.15, -0.1) is 0 Å². The highest BCUT2D eigenvalue weighted by atomic mass is 16.4. The van der Waals surface area contributed by atoms with E-state index >= 15 is 0 Å². The normalized spacial score (nSPS) is 13.3. The minimum Gasteiger partial charge on any atom is -0.478 e. The number of aromatic carboxylic acids is 1. The number of carbonyl (C=O) groups is 4. The number of rotatable bonds is 7. The third-order valence-corrected chi connectivity index (χ3v) is 5.90. The van der Waals surface area contributed by atoms with Crippen molar-refractivity contribution in [1.82, 2.24) is 9.91 Å². The molecule has 4 rings (SSSR count). The van der Waals surface area contributed by atoms with Gasteiger partial charge in [0.2, 0.25) is 11.8 Å². The van der Waals surface area contributed by atoms with Crippen LogP contribution in [0.4, 0.5) is 11.4 Å². The van der Waals surface area contributed by atoms with E-state index in [4.69, 9.17) is 0 Å². The molecule has 0 aliphatic carbocycles. The molecule has 1 aliphatic heterocycles.